The lowest BCUT2D eigenvalue weighted by molar-refractivity contribution is 0.0942. The maximum atomic E-state index is 12.4. The fourth-order valence-corrected chi connectivity index (χ4v) is 3.45. The highest BCUT2D eigenvalue weighted by molar-refractivity contribution is 5.92. The van der Waals surface area contributed by atoms with Gasteiger partial charge in [0.1, 0.15) is 5.69 Å². The molecule has 1 amide bonds. The highest BCUT2D eigenvalue weighted by Crippen LogP contribution is 2.19. The molecule has 0 saturated carbocycles. The molecular weight excluding hydrogens is 310 g/mol. The van der Waals surface area contributed by atoms with E-state index >= 15 is 0 Å². The number of likely N-dealkylation sites (tertiary alicyclic amines) is 1. The lowest BCUT2D eigenvalue weighted by Crippen LogP contribution is -2.33. The third-order valence-corrected chi connectivity index (χ3v) is 5.43. The van der Waals surface area contributed by atoms with Crippen LogP contribution in [0.15, 0.2) is 36.4 Å². The Morgan fingerprint density at radius 2 is 1.80 bits per heavy atom. The van der Waals surface area contributed by atoms with Crippen molar-refractivity contribution in [2.75, 3.05) is 13.1 Å². The highest BCUT2D eigenvalue weighted by Gasteiger charge is 2.17. The average Bonchev–Trinajstić information content (AvgIpc) is 2.95. The normalized spacial score (nSPS) is 16.1. The predicted molar refractivity (Wildman–Crippen MR) is 101 cm³/mol. The van der Waals surface area contributed by atoms with Crippen molar-refractivity contribution < 1.29 is 4.79 Å². The topological polar surface area (TPSA) is 37.3 Å². The highest BCUT2D eigenvalue weighted by atomic mass is 16.1. The minimum absolute atomic E-state index is 0.0165. The monoisotopic (exact) mass is 339 g/mol. The average molecular weight is 339 g/mol. The lowest BCUT2D eigenvalue weighted by Gasteiger charge is -2.30. The van der Waals surface area contributed by atoms with E-state index in [9.17, 15) is 4.79 Å². The molecule has 0 spiro atoms. The molecule has 0 bridgehead atoms. The fourth-order valence-electron chi connectivity index (χ4n) is 3.45. The SMILES string of the molecule is Cc1ccc(C(=O)NCc2ccccc2CN2CCC(C)CC2)n1C. The van der Waals surface area contributed by atoms with Crippen molar-refractivity contribution in [1.82, 2.24) is 14.8 Å². The molecule has 1 aliphatic rings. The molecule has 0 unspecified atom stereocenters. The number of nitrogens with zero attached hydrogens (tertiary/aromatic N) is 2. The molecule has 1 aliphatic heterocycles. The molecule has 0 radical (unpaired) electrons. The Morgan fingerprint density at radius 3 is 2.44 bits per heavy atom. The molecule has 1 N–H and O–H groups in total. The third-order valence-electron chi connectivity index (χ3n) is 5.43. The van der Waals surface area contributed by atoms with Gasteiger partial charge in [-0.25, -0.2) is 0 Å². The number of carbonyl (C=O) groups excluding carboxylic acids is 1. The molecule has 3 rings (SSSR count). The van der Waals surface area contributed by atoms with Gasteiger partial charge >= 0.3 is 0 Å². The van der Waals surface area contributed by atoms with Gasteiger partial charge in [0.05, 0.1) is 0 Å². The van der Waals surface area contributed by atoms with Crippen LogP contribution in [0.25, 0.3) is 0 Å². The quantitative estimate of drug-likeness (QED) is 0.905. The summed E-state index contributed by atoms with van der Waals surface area (Å²) in [5.41, 5.74) is 4.32. The zero-order valence-electron chi connectivity index (χ0n) is 15.6. The number of hydrogen-bond acceptors (Lipinski definition) is 2. The van der Waals surface area contributed by atoms with Crippen LogP contribution in [-0.2, 0) is 20.1 Å². The number of nitrogens with one attached hydrogen (secondary N) is 1. The minimum Gasteiger partial charge on any atom is -0.347 e. The van der Waals surface area contributed by atoms with Crippen LogP contribution >= 0.6 is 0 Å². The molecule has 0 aliphatic carbocycles. The van der Waals surface area contributed by atoms with E-state index in [1.807, 2.05) is 30.7 Å². The summed E-state index contributed by atoms with van der Waals surface area (Å²) < 4.78 is 1.93. The fraction of sp³-hybridized carbons (Fsp3) is 0.476. The summed E-state index contributed by atoms with van der Waals surface area (Å²) >= 11 is 0. The van der Waals surface area contributed by atoms with Gasteiger partial charge in [0.25, 0.3) is 5.91 Å². The van der Waals surface area contributed by atoms with Crippen molar-refractivity contribution in [2.45, 2.75) is 39.8 Å². The standard InChI is InChI=1S/C21H29N3O/c1-16-10-12-24(13-11-16)15-19-7-5-4-6-18(19)14-22-21(25)20-9-8-17(2)23(20)3/h4-9,16H,10-15H2,1-3H3,(H,22,25). The van der Waals surface area contributed by atoms with Crippen molar-refractivity contribution >= 4 is 5.91 Å². The van der Waals surface area contributed by atoms with Crippen LogP contribution in [0.2, 0.25) is 0 Å². The summed E-state index contributed by atoms with van der Waals surface area (Å²) in [7, 11) is 1.93. The van der Waals surface area contributed by atoms with Gasteiger partial charge in [0, 0.05) is 25.8 Å². The van der Waals surface area contributed by atoms with E-state index in [0.717, 1.165) is 18.2 Å². The number of hydrogen-bond donors (Lipinski definition) is 1. The van der Waals surface area contributed by atoms with E-state index in [-0.39, 0.29) is 5.91 Å². The van der Waals surface area contributed by atoms with Crippen molar-refractivity contribution in [1.29, 1.82) is 0 Å². The Morgan fingerprint density at radius 1 is 1.12 bits per heavy atom. The maximum Gasteiger partial charge on any atom is 0.268 e. The molecule has 1 saturated heterocycles. The maximum absolute atomic E-state index is 12.4. The van der Waals surface area contributed by atoms with Crippen LogP contribution in [0.3, 0.4) is 0 Å². The van der Waals surface area contributed by atoms with Crippen LogP contribution in [-0.4, -0.2) is 28.5 Å². The van der Waals surface area contributed by atoms with Crippen LogP contribution in [0, 0.1) is 12.8 Å². The molecule has 1 fully saturated rings. The van der Waals surface area contributed by atoms with Crippen LogP contribution in [0.5, 0.6) is 0 Å². The Balaban J connectivity index is 1.63. The second-order valence-electron chi connectivity index (χ2n) is 7.33. The second kappa shape index (κ2) is 7.87. The van der Waals surface area contributed by atoms with Gasteiger partial charge in [0.15, 0.2) is 0 Å². The molecule has 2 aromatic rings. The number of carbonyl (C=O) groups is 1. The summed E-state index contributed by atoms with van der Waals surface area (Å²) in [5.74, 6) is 0.830. The van der Waals surface area contributed by atoms with Crippen LogP contribution < -0.4 is 5.32 Å². The van der Waals surface area contributed by atoms with E-state index in [4.69, 9.17) is 0 Å². The second-order valence-corrected chi connectivity index (χ2v) is 7.33. The molecule has 25 heavy (non-hydrogen) atoms. The molecule has 1 aromatic carbocycles. The van der Waals surface area contributed by atoms with Gasteiger partial charge in [0.2, 0.25) is 0 Å². The summed E-state index contributed by atoms with van der Waals surface area (Å²) in [5, 5.41) is 3.08. The summed E-state index contributed by atoms with van der Waals surface area (Å²) in [6, 6.07) is 12.3. The number of benzene rings is 1. The zero-order valence-corrected chi connectivity index (χ0v) is 15.6. The Labute approximate surface area is 150 Å². The molecule has 134 valence electrons. The molecule has 4 heteroatoms. The first-order valence-corrected chi connectivity index (χ1v) is 9.24. The van der Waals surface area contributed by atoms with Gasteiger partial charge in [-0.1, -0.05) is 31.2 Å². The van der Waals surface area contributed by atoms with Gasteiger partial charge in [-0.15, -0.1) is 0 Å². The van der Waals surface area contributed by atoms with E-state index in [0.29, 0.717) is 12.2 Å². The minimum atomic E-state index is -0.0165. The zero-order chi connectivity index (χ0) is 17.8. The van der Waals surface area contributed by atoms with E-state index < -0.39 is 0 Å². The van der Waals surface area contributed by atoms with Crippen molar-refractivity contribution in [3.8, 4) is 0 Å². The van der Waals surface area contributed by atoms with Crippen molar-refractivity contribution in [2.24, 2.45) is 13.0 Å². The summed E-state index contributed by atoms with van der Waals surface area (Å²) in [6.45, 7) is 8.23. The number of rotatable bonds is 5. The first-order valence-electron chi connectivity index (χ1n) is 9.24. The van der Waals surface area contributed by atoms with Gasteiger partial charge in [-0.05, 0) is 62.0 Å². The van der Waals surface area contributed by atoms with Crippen molar-refractivity contribution in [3.05, 3.63) is 58.9 Å². The Hall–Kier alpha value is -2.07. The van der Waals surface area contributed by atoms with Crippen LogP contribution in [0.4, 0.5) is 0 Å². The number of aryl methyl sites for hydroxylation is 1. The Bertz CT molecular complexity index is 726. The molecular formula is C21H29N3O. The third kappa shape index (κ3) is 4.31. The number of piperidine rings is 1. The van der Waals surface area contributed by atoms with Crippen molar-refractivity contribution in [3.63, 3.8) is 0 Å². The first-order chi connectivity index (χ1) is 12.0. The van der Waals surface area contributed by atoms with E-state index in [2.05, 4.69) is 41.4 Å². The van der Waals surface area contributed by atoms with Gasteiger partial charge in [-0.2, -0.15) is 0 Å². The van der Waals surface area contributed by atoms with Gasteiger partial charge < -0.3 is 9.88 Å². The smallest absolute Gasteiger partial charge is 0.268 e. The summed E-state index contributed by atoms with van der Waals surface area (Å²) in [4.78, 5) is 15.0. The molecule has 4 nitrogen and oxygen atoms in total. The molecule has 1 aromatic heterocycles. The first kappa shape index (κ1) is 17.7. The summed E-state index contributed by atoms with van der Waals surface area (Å²) in [6.07, 6.45) is 2.57. The Kier molecular flexibility index (Phi) is 5.59. The predicted octanol–water partition coefficient (Wildman–Crippen LogP) is 3.50. The van der Waals surface area contributed by atoms with Gasteiger partial charge in [-0.3, -0.25) is 9.69 Å². The van der Waals surface area contributed by atoms with Crippen LogP contribution in [0.1, 0.15) is 47.1 Å². The molecule has 2 heterocycles. The van der Waals surface area contributed by atoms with E-state index in [1.54, 1.807) is 0 Å². The number of amides is 1. The number of aromatic nitrogens is 1. The lowest BCUT2D eigenvalue weighted by atomic mass is 9.98. The van der Waals surface area contributed by atoms with E-state index in [1.165, 1.54) is 37.1 Å². The largest absolute Gasteiger partial charge is 0.347 e. The molecule has 0 atom stereocenters.